The second-order valence-electron chi connectivity index (χ2n) is 3.91. The van der Waals surface area contributed by atoms with E-state index in [4.69, 9.17) is 4.74 Å². The van der Waals surface area contributed by atoms with Gasteiger partial charge in [-0.15, -0.1) is 0 Å². The van der Waals surface area contributed by atoms with Gasteiger partial charge in [0.2, 0.25) is 0 Å². The van der Waals surface area contributed by atoms with Gasteiger partial charge in [-0.2, -0.15) is 0 Å². The summed E-state index contributed by atoms with van der Waals surface area (Å²) < 4.78 is 5.78. The molecular weight excluding hydrogens is 174 g/mol. The number of hydrogen-bond acceptors (Lipinski definition) is 2. The Kier molecular flexibility index (Phi) is 3.17. The average Bonchev–Trinajstić information content (AvgIpc) is 2.67. The Morgan fingerprint density at radius 3 is 3.14 bits per heavy atom. The summed E-state index contributed by atoms with van der Waals surface area (Å²) in [6, 6.07) is 8.50. The fraction of sp³-hybridized carbons (Fsp3) is 0.500. The minimum Gasteiger partial charge on any atom is -0.372 e. The third-order valence-electron chi connectivity index (χ3n) is 2.58. The van der Waals surface area contributed by atoms with Crippen LogP contribution >= 0.6 is 0 Å². The van der Waals surface area contributed by atoms with Crippen LogP contribution in [0.2, 0.25) is 0 Å². The highest BCUT2D eigenvalue weighted by atomic mass is 16.5. The maximum atomic E-state index is 5.78. The predicted molar refractivity (Wildman–Crippen MR) is 57.2 cm³/mol. The molecule has 0 amide bonds. The number of ether oxygens (including phenoxy) is 1. The van der Waals surface area contributed by atoms with E-state index >= 15 is 0 Å². The molecule has 0 bridgehead atoms. The van der Waals surface area contributed by atoms with Crippen LogP contribution in [0.5, 0.6) is 0 Å². The SMILES string of the molecule is Cc1cccc(CO[C@@H]2CCNC2)c1. The van der Waals surface area contributed by atoms with Crippen LogP contribution in [0.25, 0.3) is 0 Å². The maximum Gasteiger partial charge on any atom is 0.0721 e. The van der Waals surface area contributed by atoms with Crippen molar-refractivity contribution in [1.29, 1.82) is 0 Å². The van der Waals surface area contributed by atoms with Gasteiger partial charge in [0.1, 0.15) is 0 Å². The van der Waals surface area contributed by atoms with E-state index in [1.54, 1.807) is 0 Å². The van der Waals surface area contributed by atoms with Crippen LogP contribution < -0.4 is 5.32 Å². The lowest BCUT2D eigenvalue weighted by atomic mass is 10.1. The number of aryl methyl sites for hydroxylation is 1. The lowest BCUT2D eigenvalue weighted by molar-refractivity contribution is 0.0542. The second kappa shape index (κ2) is 4.58. The molecule has 2 heteroatoms. The first-order chi connectivity index (χ1) is 6.84. The molecule has 1 heterocycles. The topological polar surface area (TPSA) is 21.3 Å². The van der Waals surface area contributed by atoms with E-state index in [0.29, 0.717) is 6.10 Å². The molecule has 1 aromatic carbocycles. The Balaban J connectivity index is 1.85. The minimum atomic E-state index is 0.413. The van der Waals surface area contributed by atoms with Gasteiger partial charge in [-0.3, -0.25) is 0 Å². The molecule has 2 nitrogen and oxygen atoms in total. The number of rotatable bonds is 3. The van der Waals surface area contributed by atoms with Crippen molar-refractivity contribution in [3.8, 4) is 0 Å². The average molecular weight is 191 g/mol. The van der Waals surface area contributed by atoms with Crippen molar-refractivity contribution < 1.29 is 4.74 Å². The Morgan fingerprint density at radius 1 is 1.50 bits per heavy atom. The fourth-order valence-corrected chi connectivity index (χ4v) is 1.79. The van der Waals surface area contributed by atoms with Gasteiger partial charge in [0.05, 0.1) is 12.7 Å². The molecule has 1 aromatic rings. The van der Waals surface area contributed by atoms with E-state index < -0.39 is 0 Å². The summed E-state index contributed by atoms with van der Waals surface area (Å²) in [5, 5.41) is 3.29. The summed E-state index contributed by atoms with van der Waals surface area (Å²) in [5.74, 6) is 0. The van der Waals surface area contributed by atoms with Crippen molar-refractivity contribution in [1.82, 2.24) is 5.32 Å². The first-order valence-electron chi connectivity index (χ1n) is 5.22. The Hall–Kier alpha value is -0.860. The maximum absolute atomic E-state index is 5.78. The normalized spacial score (nSPS) is 21.4. The largest absolute Gasteiger partial charge is 0.372 e. The zero-order valence-corrected chi connectivity index (χ0v) is 8.62. The number of nitrogens with one attached hydrogen (secondary N) is 1. The Morgan fingerprint density at radius 2 is 2.43 bits per heavy atom. The summed E-state index contributed by atoms with van der Waals surface area (Å²) in [5.41, 5.74) is 2.58. The zero-order chi connectivity index (χ0) is 9.80. The van der Waals surface area contributed by atoms with E-state index in [2.05, 4.69) is 36.5 Å². The predicted octanol–water partition coefficient (Wildman–Crippen LogP) is 1.87. The van der Waals surface area contributed by atoms with Crippen LogP contribution in [0.1, 0.15) is 17.5 Å². The summed E-state index contributed by atoms with van der Waals surface area (Å²) in [4.78, 5) is 0. The molecule has 0 aliphatic carbocycles. The summed E-state index contributed by atoms with van der Waals surface area (Å²) >= 11 is 0. The van der Waals surface area contributed by atoms with Gasteiger partial charge in [0.25, 0.3) is 0 Å². The fourth-order valence-electron chi connectivity index (χ4n) is 1.79. The molecule has 1 aliphatic heterocycles. The molecule has 76 valence electrons. The molecule has 0 radical (unpaired) electrons. The summed E-state index contributed by atoms with van der Waals surface area (Å²) in [6.07, 6.45) is 1.56. The van der Waals surface area contributed by atoms with Crippen LogP contribution in [-0.4, -0.2) is 19.2 Å². The molecule has 0 saturated carbocycles. The van der Waals surface area contributed by atoms with E-state index in [0.717, 1.165) is 26.1 Å². The van der Waals surface area contributed by atoms with Gasteiger partial charge >= 0.3 is 0 Å². The monoisotopic (exact) mass is 191 g/mol. The van der Waals surface area contributed by atoms with Crippen molar-refractivity contribution in [3.63, 3.8) is 0 Å². The van der Waals surface area contributed by atoms with Gasteiger partial charge in [-0.05, 0) is 25.5 Å². The Labute approximate surface area is 85.3 Å². The van der Waals surface area contributed by atoms with Gasteiger partial charge in [-0.1, -0.05) is 29.8 Å². The third-order valence-corrected chi connectivity index (χ3v) is 2.58. The number of benzene rings is 1. The molecule has 1 atom stereocenters. The highest BCUT2D eigenvalue weighted by Gasteiger charge is 2.14. The smallest absolute Gasteiger partial charge is 0.0721 e. The zero-order valence-electron chi connectivity index (χ0n) is 8.62. The van der Waals surface area contributed by atoms with E-state index in [9.17, 15) is 0 Å². The first-order valence-corrected chi connectivity index (χ1v) is 5.22. The van der Waals surface area contributed by atoms with Gasteiger partial charge in [0, 0.05) is 6.54 Å². The number of hydrogen-bond donors (Lipinski definition) is 1. The van der Waals surface area contributed by atoms with Gasteiger partial charge in [-0.25, -0.2) is 0 Å². The molecule has 0 aromatic heterocycles. The molecule has 1 fully saturated rings. The van der Waals surface area contributed by atoms with Gasteiger partial charge in [0.15, 0.2) is 0 Å². The highest BCUT2D eigenvalue weighted by molar-refractivity contribution is 5.21. The minimum absolute atomic E-state index is 0.413. The van der Waals surface area contributed by atoms with Crippen LogP contribution in [0, 0.1) is 6.92 Å². The van der Waals surface area contributed by atoms with E-state index in [1.807, 2.05) is 0 Å². The molecule has 2 rings (SSSR count). The van der Waals surface area contributed by atoms with Crippen molar-refractivity contribution >= 4 is 0 Å². The van der Waals surface area contributed by atoms with E-state index in [1.165, 1.54) is 11.1 Å². The summed E-state index contributed by atoms with van der Waals surface area (Å²) in [6.45, 7) is 4.96. The Bertz CT molecular complexity index is 292. The first kappa shape index (κ1) is 9.69. The lowest BCUT2D eigenvalue weighted by Gasteiger charge is -2.10. The molecule has 0 unspecified atom stereocenters. The third kappa shape index (κ3) is 2.56. The standard InChI is InChI=1S/C12H17NO/c1-10-3-2-4-11(7-10)9-14-12-5-6-13-8-12/h2-4,7,12-13H,5-6,8-9H2,1H3/t12-/m1/s1. The van der Waals surface area contributed by atoms with Crippen molar-refractivity contribution in [3.05, 3.63) is 35.4 Å². The van der Waals surface area contributed by atoms with Crippen molar-refractivity contribution in [2.24, 2.45) is 0 Å². The van der Waals surface area contributed by atoms with Crippen LogP contribution in [0.3, 0.4) is 0 Å². The summed E-state index contributed by atoms with van der Waals surface area (Å²) in [7, 11) is 0. The van der Waals surface area contributed by atoms with Crippen LogP contribution in [0.15, 0.2) is 24.3 Å². The molecular formula is C12H17NO. The molecule has 0 spiro atoms. The molecule has 14 heavy (non-hydrogen) atoms. The molecule has 1 N–H and O–H groups in total. The van der Waals surface area contributed by atoms with Crippen molar-refractivity contribution in [2.45, 2.75) is 26.1 Å². The van der Waals surface area contributed by atoms with Crippen LogP contribution in [-0.2, 0) is 11.3 Å². The van der Waals surface area contributed by atoms with E-state index in [-0.39, 0.29) is 0 Å². The quantitative estimate of drug-likeness (QED) is 0.787. The van der Waals surface area contributed by atoms with Crippen LogP contribution in [0.4, 0.5) is 0 Å². The van der Waals surface area contributed by atoms with Gasteiger partial charge < -0.3 is 10.1 Å². The second-order valence-corrected chi connectivity index (χ2v) is 3.91. The molecule has 1 aliphatic rings. The molecule has 1 saturated heterocycles. The van der Waals surface area contributed by atoms with Crippen molar-refractivity contribution in [2.75, 3.05) is 13.1 Å². The highest BCUT2D eigenvalue weighted by Crippen LogP contribution is 2.09. The lowest BCUT2D eigenvalue weighted by Crippen LogP contribution is -2.16.